The van der Waals surface area contributed by atoms with Gasteiger partial charge in [-0.25, -0.2) is 8.78 Å². The number of allylic oxidation sites excluding steroid dienone is 2. The van der Waals surface area contributed by atoms with E-state index in [0.29, 0.717) is 6.29 Å². The molecule has 74 valence electrons. The Morgan fingerprint density at radius 2 is 1.86 bits per heavy atom. The normalized spacial score (nSPS) is 11.9. The van der Waals surface area contributed by atoms with Gasteiger partial charge in [0.1, 0.15) is 6.29 Å². The van der Waals surface area contributed by atoms with Crippen molar-refractivity contribution in [3.63, 3.8) is 0 Å². The molecule has 0 unspecified atom stereocenters. The molecule has 0 saturated heterocycles. The third-order valence-corrected chi connectivity index (χ3v) is 1.94. The van der Waals surface area contributed by atoms with Gasteiger partial charge in [0.2, 0.25) is 0 Å². The number of benzene rings is 1. The summed E-state index contributed by atoms with van der Waals surface area (Å²) in [5, 5.41) is 0. The molecular formula is C11H10F2O. The smallest absolute Gasteiger partial charge is 0.263 e. The van der Waals surface area contributed by atoms with Crippen molar-refractivity contribution < 1.29 is 13.6 Å². The summed E-state index contributed by atoms with van der Waals surface area (Å²) in [6.45, 7) is 1.76. The summed E-state index contributed by atoms with van der Waals surface area (Å²) in [5.41, 5.74) is 1.54. The fourth-order valence-electron chi connectivity index (χ4n) is 1.09. The Kier molecular flexibility index (Phi) is 3.51. The van der Waals surface area contributed by atoms with Gasteiger partial charge in [-0.2, -0.15) is 0 Å². The first-order chi connectivity index (χ1) is 6.65. The summed E-state index contributed by atoms with van der Waals surface area (Å²) < 4.78 is 24.4. The van der Waals surface area contributed by atoms with E-state index < -0.39 is 6.43 Å². The molecule has 1 rings (SSSR count). The lowest BCUT2D eigenvalue weighted by atomic mass is 10.1. The Hall–Kier alpha value is -1.51. The monoisotopic (exact) mass is 196 g/mol. The van der Waals surface area contributed by atoms with E-state index in [9.17, 15) is 13.6 Å². The minimum Gasteiger partial charge on any atom is -0.299 e. The molecular weight excluding hydrogens is 186 g/mol. The van der Waals surface area contributed by atoms with Crippen LogP contribution in [0.15, 0.2) is 30.3 Å². The van der Waals surface area contributed by atoms with Crippen LogP contribution in [0, 0.1) is 0 Å². The van der Waals surface area contributed by atoms with Crippen molar-refractivity contribution in [3.8, 4) is 0 Å². The zero-order valence-electron chi connectivity index (χ0n) is 7.71. The molecule has 0 aliphatic rings. The first-order valence-electron chi connectivity index (χ1n) is 4.15. The molecule has 0 amide bonds. The van der Waals surface area contributed by atoms with Crippen molar-refractivity contribution >= 4 is 11.9 Å². The Morgan fingerprint density at radius 1 is 1.29 bits per heavy atom. The fourth-order valence-corrected chi connectivity index (χ4v) is 1.09. The number of carbonyl (C=O) groups excluding carboxylic acids is 1. The molecule has 0 bridgehead atoms. The van der Waals surface area contributed by atoms with Crippen LogP contribution in [0.2, 0.25) is 0 Å². The Bertz CT molecular complexity index is 339. The van der Waals surface area contributed by atoms with Crippen LogP contribution in [0.4, 0.5) is 8.78 Å². The molecule has 0 radical (unpaired) electrons. The zero-order chi connectivity index (χ0) is 10.6. The predicted molar refractivity (Wildman–Crippen MR) is 51.1 cm³/mol. The molecule has 1 aromatic rings. The lowest BCUT2D eigenvalue weighted by Gasteiger charge is -2.02. The van der Waals surface area contributed by atoms with Gasteiger partial charge in [0.05, 0.1) is 0 Å². The van der Waals surface area contributed by atoms with Crippen LogP contribution in [-0.4, -0.2) is 6.29 Å². The quantitative estimate of drug-likeness (QED) is 0.535. The molecule has 0 aliphatic carbocycles. The molecule has 1 nitrogen and oxygen atoms in total. The van der Waals surface area contributed by atoms with Gasteiger partial charge in [-0.3, -0.25) is 4.79 Å². The summed E-state index contributed by atoms with van der Waals surface area (Å²) in [6.07, 6.45) is -0.368. The molecule has 0 fully saturated rings. The molecule has 0 saturated carbocycles. The van der Waals surface area contributed by atoms with E-state index in [1.54, 1.807) is 19.1 Å². The van der Waals surface area contributed by atoms with Crippen molar-refractivity contribution in [1.29, 1.82) is 0 Å². The van der Waals surface area contributed by atoms with Gasteiger partial charge >= 0.3 is 0 Å². The average Bonchev–Trinajstić information content (AvgIpc) is 2.18. The van der Waals surface area contributed by atoms with Gasteiger partial charge in [-0.15, -0.1) is 0 Å². The number of carbonyl (C=O) groups is 1. The van der Waals surface area contributed by atoms with Crippen molar-refractivity contribution in [2.45, 2.75) is 13.3 Å². The Morgan fingerprint density at radius 3 is 2.29 bits per heavy atom. The largest absolute Gasteiger partial charge is 0.299 e. The maximum atomic E-state index is 12.2. The predicted octanol–water partition coefficient (Wildman–Crippen LogP) is 3.23. The van der Waals surface area contributed by atoms with E-state index in [1.165, 1.54) is 18.2 Å². The third-order valence-electron chi connectivity index (χ3n) is 1.94. The van der Waals surface area contributed by atoms with E-state index in [1.807, 2.05) is 0 Å². The summed E-state index contributed by atoms with van der Waals surface area (Å²) in [7, 11) is 0. The first kappa shape index (κ1) is 10.6. The number of hydrogen-bond donors (Lipinski definition) is 0. The van der Waals surface area contributed by atoms with E-state index >= 15 is 0 Å². The molecule has 0 aliphatic heterocycles. The van der Waals surface area contributed by atoms with E-state index in [-0.39, 0.29) is 5.56 Å². The standard InChI is InChI=1S/C11H10F2O/c1-8(6-7-14)9-2-4-10(5-3-9)11(12)13/h2-7,11H,1H3/b8-6+. The van der Waals surface area contributed by atoms with Crippen LogP contribution < -0.4 is 0 Å². The number of rotatable bonds is 3. The van der Waals surface area contributed by atoms with Gasteiger partial charge in [-0.1, -0.05) is 24.3 Å². The second-order valence-corrected chi connectivity index (χ2v) is 2.91. The van der Waals surface area contributed by atoms with E-state index in [4.69, 9.17) is 0 Å². The first-order valence-corrected chi connectivity index (χ1v) is 4.15. The van der Waals surface area contributed by atoms with Gasteiger partial charge < -0.3 is 0 Å². The summed E-state index contributed by atoms with van der Waals surface area (Å²) >= 11 is 0. The van der Waals surface area contributed by atoms with Gasteiger partial charge in [0.15, 0.2) is 0 Å². The highest BCUT2D eigenvalue weighted by Gasteiger charge is 2.05. The van der Waals surface area contributed by atoms with Crippen molar-refractivity contribution in [2.24, 2.45) is 0 Å². The summed E-state index contributed by atoms with van der Waals surface area (Å²) in [4.78, 5) is 10.2. The minimum atomic E-state index is -2.44. The zero-order valence-corrected chi connectivity index (χ0v) is 7.71. The van der Waals surface area contributed by atoms with Gasteiger partial charge in [0, 0.05) is 5.56 Å². The minimum absolute atomic E-state index is 0.00680. The van der Waals surface area contributed by atoms with E-state index in [0.717, 1.165) is 11.1 Å². The van der Waals surface area contributed by atoms with Gasteiger partial charge in [-0.05, 0) is 24.1 Å². The molecule has 0 aromatic heterocycles. The molecule has 14 heavy (non-hydrogen) atoms. The highest BCUT2D eigenvalue weighted by atomic mass is 19.3. The van der Waals surface area contributed by atoms with Crippen molar-refractivity contribution in [3.05, 3.63) is 41.5 Å². The van der Waals surface area contributed by atoms with E-state index in [2.05, 4.69) is 0 Å². The number of aldehydes is 1. The molecule has 1 aromatic carbocycles. The molecule has 3 heteroatoms. The lowest BCUT2D eigenvalue weighted by molar-refractivity contribution is -0.104. The number of alkyl halides is 2. The molecule has 0 spiro atoms. The average molecular weight is 196 g/mol. The molecule has 0 N–H and O–H groups in total. The summed E-state index contributed by atoms with van der Waals surface area (Å²) in [6, 6.07) is 5.89. The maximum Gasteiger partial charge on any atom is 0.263 e. The fraction of sp³-hybridized carbons (Fsp3) is 0.182. The second-order valence-electron chi connectivity index (χ2n) is 2.91. The molecule has 0 atom stereocenters. The van der Waals surface area contributed by atoms with Crippen LogP contribution in [0.3, 0.4) is 0 Å². The van der Waals surface area contributed by atoms with Crippen LogP contribution in [0.1, 0.15) is 24.5 Å². The van der Waals surface area contributed by atoms with Crippen LogP contribution in [0.25, 0.3) is 5.57 Å². The Balaban J connectivity index is 2.93. The van der Waals surface area contributed by atoms with Crippen molar-refractivity contribution in [1.82, 2.24) is 0 Å². The van der Waals surface area contributed by atoms with Crippen LogP contribution >= 0.6 is 0 Å². The maximum absolute atomic E-state index is 12.2. The lowest BCUT2D eigenvalue weighted by Crippen LogP contribution is -1.85. The highest BCUT2D eigenvalue weighted by Crippen LogP contribution is 2.21. The summed E-state index contributed by atoms with van der Waals surface area (Å²) in [5.74, 6) is 0. The second kappa shape index (κ2) is 4.65. The third kappa shape index (κ3) is 2.49. The Labute approximate surface area is 81.1 Å². The number of halogens is 2. The van der Waals surface area contributed by atoms with Crippen LogP contribution in [0.5, 0.6) is 0 Å². The van der Waals surface area contributed by atoms with Crippen LogP contribution in [-0.2, 0) is 4.79 Å². The van der Waals surface area contributed by atoms with Crippen molar-refractivity contribution in [2.75, 3.05) is 0 Å². The van der Waals surface area contributed by atoms with Gasteiger partial charge in [0.25, 0.3) is 6.43 Å². The topological polar surface area (TPSA) is 17.1 Å². The number of hydrogen-bond acceptors (Lipinski definition) is 1. The molecule has 0 heterocycles. The SMILES string of the molecule is C/C(=C\C=O)c1ccc(C(F)F)cc1. The highest BCUT2D eigenvalue weighted by molar-refractivity contribution is 5.80.